The molecule has 0 aliphatic heterocycles. The van der Waals surface area contributed by atoms with Gasteiger partial charge >= 0.3 is 0 Å². The summed E-state index contributed by atoms with van der Waals surface area (Å²) in [6, 6.07) is -0.0701. The van der Waals surface area contributed by atoms with Crippen LogP contribution < -0.4 is 5.73 Å². The Hall–Kier alpha value is -1.01. The first-order chi connectivity index (χ1) is 7.24. The number of hydrogen-bond acceptors (Lipinski definition) is 4. The first kappa shape index (κ1) is 10.5. The Bertz CT molecular complexity index is 466. The third kappa shape index (κ3) is 1.87. The molecule has 0 saturated carbocycles. The molecule has 2 N–H and O–H groups in total. The zero-order chi connectivity index (χ0) is 10.8. The van der Waals surface area contributed by atoms with E-state index in [2.05, 4.69) is 38.0 Å². The van der Waals surface area contributed by atoms with E-state index >= 15 is 0 Å². The van der Waals surface area contributed by atoms with Crippen molar-refractivity contribution in [2.75, 3.05) is 0 Å². The molecule has 0 aliphatic rings. The van der Waals surface area contributed by atoms with Gasteiger partial charge in [0, 0.05) is 12.4 Å². The second-order valence-corrected chi connectivity index (χ2v) is 4.12. The number of fused-ring (bicyclic) bond motifs is 1. The summed E-state index contributed by atoms with van der Waals surface area (Å²) in [5.74, 6) is 0.787. The lowest BCUT2D eigenvalue weighted by molar-refractivity contribution is 0.595. The van der Waals surface area contributed by atoms with Crippen LogP contribution in [-0.2, 0) is 0 Å². The molecular weight excluding hydrogens is 258 g/mol. The molecule has 15 heavy (non-hydrogen) atoms. The van der Waals surface area contributed by atoms with Crippen molar-refractivity contribution >= 4 is 21.6 Å². The van der Waals surface area contributed by atoms with Crippen molar-refractivity contribution in [2.45, 2.75) is 25.8 Å². The topological polar surface area (TPSA) is 69.1 Å². The van der Waals surface area contributed by atoms with Crippen LogP contribution in [0.3, 0.4) is 0 Å². The molecule has 0 bridgehead atoms. The Labute approximate surface area is 95.8 Å². The van der Waals surface area contributed by atoms with Gasteiger partial charge in [0.15, 0.2) is 16.1 Å². The number of aromatic nitrogens is 4. The van der Waals surface area contributed by atoms with Gasteiger partial charge < -0.3 is 5.73 Å². The molecule has 0 aliphatic carbocycles. The monoisotopic (exact) mass is 269 g/mol. The number of rotatable bonds is 3. The Morgan fingerprint density at radius 3 is 3.07 bits per heavy atom. The fourth-order valence-corrected chi connectivity index (χ4v) is 1.90. The van der Waals surface area contributed by atoms with Gasteiger partial charge in [-0.05, 0) is 22.4 Å². The van der Waals surface area contributed by atoms with Gasteiger partial charge in [0.1, 0.15) is 0 Å². The van der Waals surface area contributed by atoms with Gasteiger partial charge in [0.05, 0.1) is 6.04 Å². The van der Waals surface area contributed by atoms with Crippen LogP contribution in [0, 0.1) is 0 Å². The van der Waals surface area contributed by atoms with E-state index in [1.165, 1.54) is 0 Å². The molecule has 0 fully saturated rings. The summed E-state index contributed by atoms with van der Waals surface area (Å²) < 4.78 is 2.56. The Morgan fingerprint density at radius 2 is 2.33 bits per heavy atom. The average Bonchev–Trinajstić information content (AvgIpc) is 2.63. The number of halogens is 1. The number of nitrogens with two attached hydrogens (primary N) is 1. The largest absolute Gasteiger partial charge is 0.321 e. The standard InChI is InChI=1S/C9H12BrN5/c1-2-3-6(11)8-13-14-9-7(10)12-4-5-15(8)9/h4-6H,2-3,11H2,1H3. The highest BCUT2D eigenvalue weighted by Crippen LogP contribution is 2.18. The second kappa shape index (κ2) is 4.24. The zero-order valence-electron chi connectivity index (χ0n) is 8.39. The SMILES string of the molecule is CCCC(N)c1nnc2c(Br)nccn12. The Kier molecular flexibility index (Phi) is 2.97. The summed E-state index contributed by atoms with van der Waals surface area (Å²) in [6.45, 7) is 2.10. The maximum Gasteiger partial charge on any atom is 0.194 e. The van der Waals surface area contributed by atoms with E-state index in [1.54, 1.807) is 6.20 Å². The molecule has 5 nitrogen and oxygen atoms in total. The van der Waals surface area contributed by atoms with E-state index < -0.39 is 0 Å². The molecule has 6 heteroatoms. The summed E-state index contributed by atoms with van der Waals surface area (Å²) in [7, 11) is 0. The predicted molar refractivity (Wildman–Crippen MR) is 60.3 cm³/mol. The molecule has 2 aromatic heterocycles. The summed E-state index contributed by atoms with van der Waals surface area (Å²) in [6.07, 6.45) is 5.45. The molecule has 1 unspecified atom stereocenters. The van der Waals surface area contributed by atoms with Crippen molar-refractivity contribution in [3.63, 3.8) is 0 Å². The van der Waals surface area contributed by atoms with Crippen LogP contribution in [0.15, 0.2) is 17.0 Å². The fraction of sp³-hybridized carbons (Fsp3) is 0.444. The summed E-state index contributed by atoms with van der Waals surface area (Å²) in [5, 5.41) is 8.14. The summed E-state index contributed by atoms with van der Waals surface area (Å²) in [5.41, 5.74) is 6.71. The minimum Gasteiger partial charge on any atom is -0.321 e. The lowest BCUT2D eigenvalue weighted by Gasteiger charge is -2.07. The van der Waals surface area contributed by atoms with E-state index in [-0.39, 0.29) is 6.04 Å². The Morgan fingerprint density at radius 1 is 1.53 bits per heavy atom. The molecular formula is C9H12BrN5. The predicted octanol–water partition coefficient (Wildman–Crippen LogP) is 1.69. The molecule has 0 radical (unpaired) electrons. The smallest absolute Gasteiger partial charge is 0.194 e. The van der Waals surface area contributed by atoms with Crippen molar-refractivity contribution in [3.05, 3.63) is 22.8 Å². The first-order valence-electron chi connectivity index (χ1n) is 4.84. The van der Waals surface area contributed by atoms with Gasteiger partial charge in [-0.2, -0.15) is 0 Å². The van der Waals surface area contributed by atoms with Gasteiger partial charge in [-0.25, -0.2) is 4.98 Å². The highest BCUT2D eigenvalue weighted by atomic mass is 79.9. The Balaban J connectivity index is 2.49. The van der Waals surface area contributed by atoms with E-state index in [0.29, 0.717) is 10.3 Å². The van der Waals surface area contributed by atoms with Crippen LogP contribution in [0.25, 0.3) is 5.65 Å². The van der Waals surface area contributed by atoms with E-state index in [9.17, 15) is 0 Å². The third-order valence-corrected chi connectivity index (χ3v) is 2.80. The number of hydrogen-bond donors (Lipinski definition) is 1. The van der Waals surface area contributed by atoms with Crippen LogP contribution in [0.2, 0.25) is 0 Å². The normalized spacial score (nSPS) is 13.3. The molecule has 1 atom stereocenters. The van der Waals surface area contributed by atoms with Gasteiger partial charge in [0.2, 0.25) is 0 Å². The minimum atomic E-state index is -0.0701. The quantitative estimate of drug-likeness (QED) is 0.921. The molecule has 0 spiro atoms. The van der Waals surface area contributed by atoms with Gasteiger partial charge in [-0.3, -0.25) is 4.40 Å². The molecule has 2 rings (SSSR count). The summed E-state index contributed by atoms with van der Waals surface area (Å²) in [4.78, 5) is 4.08. The lowest BCUT2D eigenvalue weighted by atomic mass is 10.2. The second-order valence-electron chi connectivity index (χ2n) is 3.37. The molecule has 2 aromatic rings. The molecule has 0 saturated heterocycles. The maximum absolute atomic E-state index is 6.01. The minimum absolute atomic E-state index is 0.0701. The van der Waals surface area contributed by atoms with Crippen molar-refractivity contribution in [1.29, 1.82) is 0 Å². The summed E-state index contributed by atoms with van der Waals surface area (Å²) >= 11 is 3.32. The highest BCUT2D eigenvalue weighted by Gasteiger charge is 2.14. The van der Waals surface area contributed by atoms with Crippen LogP contribution >= 0.6 is 15.9 Å². The third-order valence-electron chi connectivity index (χ3n) is 2.24. The lowest BCUT2D eigenvalue weighted by Crippen LogP contribution is -2.13. The van der Waals surface area contributed by atoms with Crippen molar-refractivity contribution in [1.82, 2.24) is 19.6 Å². The van der Waals surface area contributed by atoms with Gasteiger partial charge in [-0.15, -0.1) is 10.2 Å². The molecule has 2 heterocycles. The van der Waals surface area contributed by atoms with Gasteiger partial charge in [-0.1, -0.05) is 13.3 Å². The maximum atomic E-state index is 6.01. The van der Waals surface area contributed by atoms with E-state index in [0.717, 1.165) is 18.7 Å². The molecule has 80 valence electrons. The fourth-order valence-electron chi connectivity index (χ4n) is 1.51. The van der Waals surface area contributed by atoms with E-state index in [4.69, 9.17) is 5.73 Å². The number of nitrogens with zero attached hydrogens (tertiary/aromatic N) is 4. The average molecular weight is 270 g/mol. The van der Waals surface area contributed by atoms with Crippen LogP contribution in [0.1, 0.15) is 31.6 Å². The van der Waals surface area contributed by atoms with Crippen molar-refractivity contribution in [3.8, 4) is 0 Å². The van der Waals surface area contributed by atoms with Gasteiger partial charge in [0.25, 0.3) is 0 Å². The van der Waals surface area contributed by atoms with Crippen LogP contribution in [-0.4, -0.2) is 19.6 Å². The zero-order valence-corrected chi connectivity index (χ0v) is 9.98. The van der Waals surface area contributed by atoms with Crippen LogP contribution in [0.4, 0.5) is 0 Å². The molecule has 0 amide bonds. The van der Waals surface area contributed by atoms with Crippen molar-refractivity contribution < 1.29 is 0 Å². The van der Waals surface area contributed by atoms with Crippen LogP contribution in [0.5, 0.6) is 0 Å². The first-order valence-corrected chi connectivity index (χ1v) is 5.64. The highest BCUT2D eigenvalue weighted by molar-refractivity contribution is 9.10. The van der Waals surface area contributed by atoms with E-state index in [1.807, 2.05) is 10.6 Å². The molecule has 0 aromatic carbocycles. The van der Waals surface area contributed by atoms with Crippen molar-refractivity contribution in [2.24, 2.45) is 5.73 Å².